The van der Waals surface area contributed by atoms with Crippen molar-refractivity contribution < 1.29 is 13.5 Å². The van der Waals surface area contributed by atoms with Gasteiger partial charge in [-0.25, -0.2) is 4.39 Å². The lowest BCUT2D eigenvalue weighted by Crippen LogP contribution is -2.10. The van der Waals surface area contributed by atoms with Crippen molar-refractivity contribution in [2.45, 2.75) is 27.0 Å². The van der Waals surface area contributed by atoms with Gasteiger partial charge in [0, 0.05) is 5.56 Å². The molecule has 4 heteroatoms. The van der Waals surface area contributed by atoms with Crippen molar-refractivity contribution in [1.29, 1.82) is 0 Å². The lowest BCUT2D eigenvalue weighted by molar-refractivity contribution is 0.302. The first-order valence-electron chi connectivity index (χ1n) is 6.36. The predicted molar refractivity (Wildman–Crippen MR) is 71.6 cm³/mol. The standard InChI is InChI=1S/C15H18FNO2/c1-3-17-9-15-8-12(11(2)19-15)10-18-14-6-4-13(16)5-7-14/h4-8,17H,3,9-10H2,1-2H3. The molecule has 3 nitrogen and oxygen atoms in total. The van der Waals surface area contributed by atoms with Crippen molar-refractivity contribution in [2.24, 2.45) is 0 Å². The second-order valence-corrected chi connectivity index (χ2v) is 4.32. The Morgan fingerprint density at radius 3 is 2.68 bits per heavy atom. The molecule has 0 saturated heterocycles. The van der Waals surface area contributed by atoms with Gasteiger partial charge in [-0.05, 0) is 43.8 Å². The van der Waals surface area contributed by atoms with Crippen molar-refractivity contribution in [1.82, 2.24) is 5.32 Å². The van der Waals surface area contributed by atoms with Crippen LogP contribution < -0.4 is 10.1 Å². The maximum atomic E-state index is 12.8. The van der Waals surface area contributed by atoms with Crippen LogP contribution in [0.3, 0.4) is 0 Å². The highest BCUT2D eigenvalue weighted by Crippen LogP contribution is 2.18. The first kappa shape index (κ1) is 13.6. The Hall–Kier alpha value is -1.81. The average Bonchev–Trinajstić information content (AvgIpc) is 2.76. The third-order valence-corrected chi connectivity index (χ3v) is 2.83. The second kappa shape index (κ2) is 6.38. The van der Waals surface area contributed by atoms with Crippen LogP contribution in [0.15, 0.2) is 34.7 Å². The van der Waals surface area contributed by atoms with E-state index in [-0.39, 0.29) is 5.82 Å². The van der Waals surface area contributed by atoms with Gasteiger partial charge in [-0.15, -0.1) is 0 Å². The minimum absolute atomic E-state index is 0.264. The van der Waals surface area contributed by atoms with Crippen LogP contribution in [0.1, 0.15) is 24.0 Å². The summed E-state index contributed by atoms with van der Waals surface area (Å²) in [5.74, 6) is 2.14. The summed E-state index contributed by atoms with van der Waals surface area (Å²) in [4.78, 5) is 0. The largest absolute Gasteiger partial charge is 0.489 e. The van der Waals surface area contributed by atoms with Gasteiger partial charge in [-0.1, -0.05) is 6.92 Å². The Balaban J connectivity index is 1.95. The minimum Gasteiger partial charge on any atom is -0.489 e. The quantitative estimate of drug-likeness (QED) is 0.867. The molecule has 0 saturated carbocycles. The Morgan fingerprint density at radius 2 is 2.00 bits per heavy atom. The summed E-state index contributed by atoms with van der Waals surface area (Å²) < 4.78 is 24.0. The molecule has 19 heavy (non-hydrogen) atoms. The van der Waals surface area contributed by atoms with Crippen molar-refractivity contribution in [3.05, 3.63) is 53.2 Å². The van der Waals surface area contributed by atoms with E-state index < -0.39 is 0 Å². The smallest absolute Gasteiger partial charge is 0.123 e. The molecular weight excluding hydrogens is 245 g/mol. The third kappa shape index (κ3) is 3.83. The number of rotatable bonds is 6. The highest BCUT2D eigenvalue weighted by molar-refractivity contribution is 5.24. The number of furan rings is 1. The molecule has 2 aromatic rings. The Kier molecular flexibility index (Phi) is 4.58. The lowest BCUT2D eigenvalue weighted by atomic mass is 10.2. The molecule has 1 aromatic carbocycles. The van der Waals surface area contributed by atoms with Crippen LogP contribution in [0.25, 0.3) is 0 Å². The van der Waals surface area contributed by atoms with Crippen LogP contribution in [0, 0.1) is 12.7 Å². The SMILES string of the molecule is CCNCc1cc(COc2ccc(F)cc2)c(C)o1. The molecule has 1 N–H and O–H groups in total. The summed E-state index contributed by atoms with van der Waals surface area (Å²) in [5.41, 5.74) is 1.01. The van der Waals surface area contributed by atoms with Crippen LogP contribution in [-0.4, -0.2) is 6.54 Å². The Labute approximate surface area is 112 Å². The van der Waals surface area contributed by atoms with Gasteiger partial charge in [-0.3, -0.25) is 0 Å². The van der Waals surface area contributed by atoms with Gasteiger partial charge in [0.1, 0.15) is 29.7 Å². The van der Waals surface area contributed by atoms with Crippen molar-refractivity contribution in [2.75, 3.05) is 6.54 Å². The van der Waals surface area contributed by atoms with Gasteiger partial charge in [-0.2, -0.15) is 0 Å². The van der Waals surface area contributed by atoms with Crippen LogP contribution in [0.2, 0.25) is 0 Å². The van der Waals surface area contributed by atoms with Crippen LogP contribution in [-0.2, 0) is 13.2 Å². The van der Waals surface area contributed by atoms with E-state index in [1.807, 2.05) is 19.9 Å². The number of hydrogen-bond acceptors (Lipinski definition) is 3. The fourth-order valence-corrected chi connectivity index (χ4v) is 1.76. The van der Waals surface area contributed by atoms with Crippen molar-refractivity contribution >= 4 is 0 Å². The summed E-state index contributed by atoms with van der Waals surface area (Å²) in [7, 11) is 0. The van der Waals surface area contributed by atoms with Gasteiger partial charge >= 0.3 is 0 Å². The lowest BCUT2D eigenvalue weighted by Gasteiger charge is -2.04. The number of ether oxygens (including phenoxy) is 1. The van der Waals surface area contributed by atoms with Crippen molar-refractivity contribution in [3.8, 4) is 5.75 Å². The fraction of sp³-hybridized carbons (Fsp3) is 0.333. The van der Waals surface area contributed by atoms with E-state index in [1.165, 1.54) is 12.1 Å². The van der Waals surface area contributed by atoms with Crippen LogP contribution >= 0.6 is 0 Å². The van der Waals surface area contributed by atoms with Crippen LogP contribution in [0.4, 0.5) is 4.39 Å². The molecule has 0 amide bonds. The van der Waals surface area contributed by atoms with E-state index in [2.05, 4.69) is 5.32 Å². The zero-order valence-corrected chi connectivity index (χ0v) is 11.2. The first-order valence-corrected chi connectivity index (χ1v) is 6.36. The minimum atomic E-state index is -0.264. The second-order valence-electron chi connectivity index (χ2n) is 4.32. The summed E-state index contributed by atoms with van der Waals surface area (Å²) in [6.07, 6.45) is 0. The molecule has 0 atom stereocenters. The molecule has 0 unspecified atom stereocenters. The van der Waals surface area contributed by atoms with Gasteiger partial charge < -0.3 is 14.5 Å². The highest BCUT2D eigenvalue weighted by atomic mass is 19.1. The number of aryl methyl sites for hydroxylation is 1. The van der Waals surface area contributed by atoms with Gasteiger partial charge in [0.05, 0.1) is 6.54 Å². The molecule has 102 valence electrons. The van der Waals surface area contributed by atoms with E-state index in [4.69, 9.17) is 9.15 Å². The monoisotopic (exact) mass is 263 g/mol. The molecule has 0 spiro atoms. The number of nitrogens with one attached hydrogen (secondary N) is 1. The Bertz CT molecular complexity index is 519. The Morgan fingerprint density at radius 1 is 1.26 bits per heavy atom. The third-order valence-electron chi connectivity index (χ3n) is 2.83. The summed E-state index contributed by atoms with van der Waals surface area (Å²) in [6.45, 7) is 6.01. The molecule has 0 bridgehead atoms. The highest BCUT2D eigenvalue weighted by Gasteiger charge is 2.07. The predicted octanol–water partition coefficient (Wildman–Crippen LogP) is 3.42. The molecular formula is C15H18FNO2. The fourth-order valence-electron chi connectivity index (χ4n) is 1.76. The number of hydrogen-bond donors (Lipinski definition) is 1. The molecule has 0 aliphatic carbocycles. The normalized spacial score (nSPS) is 10.7. The van der Waals surface area contributed by atoms with Gasteiger partial charge in [0.2, 0.25) is 0 Å². The van der Waals surface area contributed by atoms with Gasteiger partial charge in [0.25, 0.3) is 0 Å². The zero-order chi connectivity index (χ0) is 13.7. The van der Waals surface area contributed by atoms with Crippen molar-refractivity contribution in [3.63, 3.8) is 0 Å². The molecule has 1 heterocycles. The van der Waals surface area contributed by atoms with E-state index in [0.717, 1.165) is 23.6 Å². The molecule has 1 aromatic heterocycles. The van der Waals surface area contributed by atoms with E-state index in [9.17, 15) is 4.39 Å². The maximum absolute atomic E-state index is 12.8. The topological polar surface area (TPSA) is 34.4 Å². The maximum Gasteiger partial charge on any atom is 0.123 e. The molecule has 0 aliphatic rings. The van der Waals surface area contributed by atoms with E-state index >= 15 is 0 Å². The summed E-state index contributed by atoms with van der Waals surface area (Å²) in [6, 6.07) is 7.98. The van der Waals surface area contributed by atoms with Crippen LogP contribution in [0.5, 0.6) is 5.75 Å². The summed E-state index contributed by atoms with van der Waals surface area (Å²) in [5, 5.41) is 3.21. The van der Waals surface area contributed by atoms with E-state index in [1.54, 1.807) is 12.1 Å². The average molecular weight is 263 g/mol. The van der Waals surface area contributed by atoms with E-state index in [0.29, 0.717) is 18.9 Å². The molecule has 2 rings (SSSR count). The molecule has 0 fully saturated rings. The number of benzene rings is 1. The number of halogens is 1. The molecule has 0 aliphatic heterocycles. The summed E-state index contributed by atoms with van der Waals surface area (Å²) >= 11 is 0. The zero-order valence-electron chi connectivity index (χ0n) is 11.2. The molecule has 0 radical (unpaired) electrons. The van der Waals surface area contributed by atoms with Gasteiger partial charge in [0.15, 0.2) is 0 Å². The first-order chi connectivity index (χ1) is 9.19.